The molecule has 2 N–H and O–H groups in total. The van der Waals surface area contributed by atoms with E-state index in [0.717, 1.165) is 25.0 Å². The molecule has 0 heterocycles. The molecule has 2 nitrogen and oxygen atoms in total. The summed E-state index contributed by atoms with van der Waals surface area (Å²) in [5.41, 5.74) is 5.90. The highest BCUT2D eigenvalue weighted by atomic mass is 19.4. The average molecular weight is 351 g/mol. The van der Waals surface area contributed by atoms with Crippen LogP contribution in [0.25, 0.3) is 0 Å². The number of amides is 1. The van der Waals surface area contributed by atoms with Crippen LogP contribution < -0.4 is 5.73 Å². The third-order valence-corrected chi connectivity index (χ3v) is 4.48. The summed E-state index contributed by atoms with van der Waals surface area (Å²) in [5.74, 6) is -1.78. The zero-order valence-electron chi connectivity index (χ0n) is 13.3. The summed E-state index contributed by atoms with van der Waals surface area (Å²) in [6.45, 7) is 0. The second kappa shape index (κ2) is 6.50. The van der Waals surface area contributed by atoms with Crippen LogP contribution >= 0.6 is 0 Å². The van der Waals surface area contributed by atoms with Gasteiger partial charge in [-0.3, -0.25) is 4.79 Å². The summed E-state index contributed by atoms with van der Waals surface area (Å²) in [7, 11) is 0. The van der Waals surface area contributed by atoms with E-state index >= 15 is 0 Å². The Bertz CT molecular complexity index is 796. The van der Waals surface area contributed by atoms with Crippen LogP contribution in [0.15, 0.2) is 42.5 Å². The molecule has 132 valence electrons. The van der Waals surface area contributed by atoms with Crippen LogP contribution in [0.1, 0.15) is 46.9 Å². The van der Waals surface area contributed by atoms with Gasteiger partial charge in [0.2, 0.25) is 5.91 Å². The molecule has 2 aromatic carbocycles. The van der Waals surface area contributed by atoms with Gasteiger partial charge in [-0.2, -0.15) is 13.2 Å². The van der Waals surface area contributed by atoms with E-state index in [1.54, 1.807) is 12.1 Å². The Morgan fingerprint density at radius 3 is 2.44 bits per heavy atom. The SMILES string of the molecule is NC(=O)C(Cc1ccc(C2CC2)c(F)c1)c1cccc(C(F)(F)F)c1. The summed E-state index contributed by atoms with van der Waals surface area (Å²) < 4.78 is 52.8. The van der Waals surface area contributed by atoms with Gasteiger partial charge in [0.05, 0.1) is 11.5 Å². The second-order valence-electron chi connectivity index (χ2n) is 6.41. The standard InChI is InChI=1S/C19H17F4NO/c20-17-9-11(4-7-15(17)12-5-6-12)8-16(18(24)25)13-2-1-3-14(10-13)19(21,22)23/h1-4,7,9-10,12,16H,5-6,8H2,(H2,24,25). The fraction of sp³-hybridized carbons (Fsp3) is 0.316. The number of primary amides is 1. The predicted molar refractivity (Wildman–Crippen MR) is 85.5 cm³/mol. The van der Waals surface area contributed by atoms with Gasteiger partial charge in [-0.1, -0.05) is 30.3 Å². The summed E-state index contributed by atoms with van der Waals surface area (Å²) in [5, 5.41) is 0. The first kappa shape index (κ1) is 17.5. The molecule has 1 saturated carbocycles. The lowest BCUT2D eigenvalue weighted by Gasteiger charge is -2.16. The van der Waals surface area contributed by atoms with Gasteiger partial charge in [-0.25, -0.2) is 4.39 Å². The first-order chi connectivity index (χ1) is 11.8. The highest BCUT2D eigenvalue weighted by Gasteiger charge is 2.32. The quantitative estimate of drug-likeness (QED) is 0.790. The van der Waals surface area contributed by atoms with Crippen molar-refractivity contribution in [3.63, 3.8) is 0 Å². The van der Waals surface area contributed by atoms with Gasteiger partial charge < -0.3 is 5.73 Å². The first-order valence-electron chi connectivity index (χ1n) is 8.00. The van der Waals surface area contributed by atoms with Gasteiger partial charge in [0.25, 0.3) is 0 Å². The van der Waals surface area contributed by atoms with Crippen molar-refractivity contribution in [3.05, 3.63) is 70.5 Å². The second-order valence-corrected chi connectivity index (χ2v) is 6.41. The lowest BCUT2D eigenvalue weighted by atomic mass is 9.89. The van der Waals surface area contributed by atoms with Crippen LogP contribution in [-0.2, 0) is 17.4 Å². The number of benzene rings is 2. The number of carbonyl (C=O) groups is 1. The van der Waals surface area contributed by atoms with E-state index in [1.165, 1.54) is 18.2 Å². The topological polar surface area (TPSA) is 43.1 Å². The minimum atomic E-state index is -4.50. The Hall–Kier alpha value is -2.37. The van der Waals surface area contributed by atoms with Gasteiger partial charge >= 0.3 is 6.18 Å². The van der Waals surface area contributed by atoms with Crippen LogP contribution in [0, 0.1) is 5.82 Å². The Labute approximate surface area is 142 Å². The van der Waals surface area contributed by atoms with E-state index in [-0.39, 0.29) is 23.7 Å². The third-order valence-electron chi connectivity index (χ3n) is 4.48. The van der Waals surface area contributed by atoms with Crippen molar-refractivity contribution in [1.29, 1.82) is 0 Å². The molecule has 1 aliphatic carbocycles. The monoisotopic (exact) mass is 351 g/mol. The molecule has 1 atom stereocenters. The number of nitrogens with two attached hydrogens (primary N) is 1. The van der Waals surface area contributed by atoms with E-state index in [9.17, 15) is 22.4 Å². The van der Waals surface area contributed by atoms with Crippen molar-refractivity contribution in [2.75, 3.05) is 0 Å². The maximum atomic E-state index is 14.2. The molecule has 1 amide bonds. The number of alkyl halides is 3. The zero-order chi connectivity index (χ0) is 18.2. The molecule has 25 heavy (non-hydrogen) atoms. The number of carbonyl (C=O) groups excluding carboxylic acids is 1. The minimum absolute atomic E-state index is 0.0541. The molecule has 0 aromatic heterocycles. The maximum absolute atomic E-state index is 14.2. The smallest absolute Gasteiger partial charge is 0.369 e. The van der Waals surface area contributed by atoms with Gasteiger partial charge in [0, 0.05) is 0 Å². The predicted octanol–water partition coefficient (Wildman–Crippen LogP) is 4.53. The third kappa shape index (κ3) is 4.00. The summed E-state index contributed by atoms with van der Waals surface area (Å²) in [6, 6.07) is 9.27. The Balaban J connectivity index is 1.87. The molecule has 6 heteroatoms. The molecule has 1 unspecified atom stereocenters. The van der Waals surface area contributed by atoms with Crippen molar-refractivity contribution in [1.82, 2.24) is 0 Å². The van der Waals surface area contributed by atoms with Gasteiger partial charge in [0.15, 0.2) is 0 Å². The zero-order valence-corrected chi connectivity index (χ0v) is 13.3. The number of hydrogen-bond acceptors (Lipinski definition) is 1. The Morgan fingerprint density at radius 1 is 1.16 bits per heavy atom. The molecular weight excluding hydrogens is 334 g/mol. The van der Waals surface area contributed by atoms with Crippen LogP contribution in [0.5, 0.6) is 0 Å². The fourth-order valence-electron chi connectivity index (χ4n) is 2.97. The Morgan fingerprint density at radius 2 is 1.88 bits per heavy atom. The van der Waals surface area contributed by atoms with Crippen LogP contribution in [0.4, 0.5) is 17.6 Å². The van der Waals surface area contributed by atoms with Gasteiger partial charge in [-0.05, 0) is 54.0 Å². The molecule has 0 bridgehead atoms. The number of rotatable bonds is 5. The molecule has 0 spiro atoms. The van der Waals surface area contributed by atoms with Gasteiger partial charge in [-0.15, -0.1) is 0 Å². The number of hydrogen-bond donors (Lipinski definition) is 1. The maximum Gasteiger partial charge on any atom is 0.416 e. The Kier molecular flexibility index (Phi) is 4.54. The molecule has 2 aromatic rings. The summed E-state index contributed by atoms with van der Waals surface area (Å²) in [4.78, 5) is 11.8. The van der Waals surface area contributed by atoms with E-state index in [1.807, 2.05) is 0 Å². The van der Waals surface area contributed by atoms with Crippen molar-refractivity contribution in [3.8, 4) is 0 Å². The van der Waals surface area contributed by atoms with Crippen molar-refractivity contribution in [2.45, 2.75) is 37.3 Å². The highest BCUT2D eigenvalue weighted by Crippen LogP contribution is 2.41. The fourth-order valence-corrected chi connectivity index (χ4v) is 2.97. The molecular formula is C19H17F4NO. The van der Waals surface area contributed by atoms with Gasteiger partial charge in [0.1, 0.15) is 5.82 Å². The lowest BCUT2D eigenvalue weighted by molar-refractivity contribution is -0.137. The molecule has 1 fully saturated rings. The molecule has 0 saturated heterocycles. The van der Waals surface area contributed by atoms with Crippen LogP contribution in [-0.4, -0.2) is 5.91 Å². The van der Waals surface area contributed by atoms with E-state index < -0.39 is 23.6 Å². The normalized spacial score (nSPS) is 15.8. The van der Waals surface area contributed by atoms with E-state index in [2.05, 4.69) is 0 Å². The van der Waals surface area contributed by atoms with Crippen molar-refractivity contribution >= 4 is 5.91 Å². The summed E-state index contributed by atoms with van der Waals surface area (Å²) >= 11 is 0. The molecule has 0 radical (unpaired) electrons. The largest absolute Gasteiger partial charge is 0.416 e. The minimum Gasteiger partial charge on any atom is -0.369 e. The van der Waals surface area contributed by atoms with E-state index in [0.29, 0.717) is 11.1 Å². The summed E-state index contributed by atoms with van der Waals surface area (Å²) in [6.07, 6.45) is -2.52. The van der Waals surface area contributed by atoms with Crippen molar-refractivity contribution < 1.29 is 22.4 Å². The average Bonchev–Trinajstić information content (AvgIpc) is 3.36. The first-order valence-corrected chi connectivity index (χ1v) is 8.00. The highest BCUT2D eigenvalue weighted by molar-refractivity contribution is 5.82. The molecule has 3 rings (SSSR count). The van der Waals surface area contributed by atoms with Crippen LogP contribution in [0.2, 0.25) is 0 Å². The van der Waals surface area contributed by atoms with E-state index in [4.69, 9.17) is 5.73 Å². The molecule has 1 aliphatic rings. The van der Waals surface area contributed by atoms with Crippen LogP contribution in [0.3, 0.4) is 0 Å². The number of halogens is 4. The van der Waals surface area contributed by atoms with Crippen molar-refractivity contribution in [2.24, 2.45) is 5.73 Å². The lowest BCUT2D eigenvalue weighted by Crippen LogP contribution is -2.23. The molecule has 0 aliphatic heterocycles.